The lowest BCUT2D eigenvalue weighted by Crippen LogP contribution is -2.29. The van der Waals surface area contributed by atoms with E-state index in [9.17, 15) is 14.7 Å². The molecular weight excluding hydrogens is 417 g/mol. The smallest absolute Gasteiger partial charge is 0.322 e. The summed E-state index contributed by atoms with van der Waals surface area (Å²) < 4.78 is 5.71. The van der Waals surface area contributed by atoms with E-state index in [1.807, 2.05) is 13.8 Å². The van der Waals surface area contributed by atoms with Gasteiger partial charge in [-0.25, -0.2) is 0 Å². The molecule has 0 unspecified atom stereocenters. The number of aromatic hydroxyl groups is 1. The number of hydrogen-bond acceptors (Lipinski definition) is 4. The van der Waals surface area contributed by atoms with Gasteiger partial charge in [-0.2, -0.15) is 0 Å². The van der Waals surface area contributed by atoms with Crippen molar-refractivity contribution >= 4 is 46.7 Å². The van der Waals surface area contributed by atoms with Crippen molar-refractivity contribution in [2.75, 3.05) is 6.54 Å². The van der Waals surface area contributed by atoms with Crippen LogP contribution in [0.4, 0.5) is 0 Å². The molecule has 0 fully saturated rings. The molecule has 0 saturated carbocycles. The second-order valence-corrected chi connectivity index (χ2v) is 7.17. The molecule has 0 heterocycles. The number of phenols is 1. The lowest BCUT2D eigenvalue weighted by molar-refractivity contribution is -0.135. The Morgan fingerprint density at radius 2 is 1.67 bits per heavy atom. The summed E-state index contributed by atoms with van der Waals surface area (Å²) in [6.45, 7) is 3.25. The van der Waals surface area contributed by atoms with Crippen molar-refractivity contribution in [1.82, 2.24) is 5.32 Å². The number of carbonyl (C=O) groups excluding carboxylic acids is 1. The molecule has 3 N–H and O–H groups in total. The first-order valence-electron chi connectivity index (χ1n) is 7.79. The second kappa shape index (κ2) is 8.69. The number of phenolic OH excluding ortho intramolecular Hbond substituents is 1. The molecule has 0 aliphatic carbocycles. The van der Waals surface area contributed by atoms with Crippen LogP contribution >= 0.6 is 34.8 Å². The van der Waals surface area contributed by atoms with E-state index in [0.29, 0.717) is 11.3 Å². The molecule has 0 bridgehead atoms. The summed E-state index contributed by atoms with van der Waals surface area (Å²) in [5.74, 6) is -1.43. The second-order valence-electron chi connectivity index (χ2n) is 5.95. The predicted octanol–water partition coefficient (Wildman–Crippen LogP) is 5.08. The van der Waals surface area contributed by atoms with E-state index in [4.69, 9.17) is 44.6 Å². The highest BCUT2D eigenvalue weighted by molar-refractivity contribution is 6.37. The number of carboxylic acid groups (broad SMARTS) is 1. The van der Waals surface area contributed by atoms with Crippen molar-refractivity contribution in [3.05, 3.63) is 50.5 Å². The Bertz CT molecular complexity index is 876. The zero-order valence-corrected chi connectivity index (χ0v) is 16.6. The third kappa shape index (κ3) is 5.19. The van der Waals surface area contributed by atoms with Crippen LogP contribution in [0, 0.1) is 0 Å². The Morgan fingerprint density at radius 1 is 1.07 bits per heavy atom. The van der Waals surface area contributed by atoms with Crippen molar-refractivity contribution < 1.29 is 24.5 Å². The fraction of sp³-hybridized carbons (Fsp3) is 0.222. The van der Waals surface area contributed by atoms with Crippen molar-refractivity contribution in [3.8, 4) is 17.2 Å². The summed E-state index contributed by atoms with van der Waals surface area (Å²) in [5, 5.41) is 21.1. The maximum absolute atomic E-state index is 11.9. The van der Waals surface area contributed by atoms with Gasteiger partial charge in [0.05, 0.1) is 15.1 Å². The summed E-state index contributed by atoms with van der Waals surface area (Å²) in [7, 11) is 0. The monoisotopic (exact) mass is 431 g/mol. The van der Waals surface area contributed by atoms with Gasteiger partial charge in [0.1, 0.15) is 18.0 Å². The van der Waals surface area contributed by atoms with E-state index < -0.39 is 18.4 Å². The van der Waals surface area contributed by atoms with Crippen LogP contribution in [0.25, 0.3) is 0 Å². The summed E-state index contributed by atoms with van der Waals surface area (Å²) in [6.07, 6.45) is 0. The molecule has 0 radical (unpaired) electrons. The lowest BCUT2D eigenvalue weighted by atomic mass is 10.0. The minimum atomic E-state index is -1.18. The molecule has 144 valence electrons. The number of hydrogen-bond donors (Lipinski definition) is 3. The summed E-state index contributed by atoms with van der Waals surface area (Å²) >= 11 is 18.4. The van der Waals surface area contributed by atoms with E-state index in [1.165, 1.54) is 18.2 Å². The molecule has 6 nitrogen and oxygen atoms in total. The third-order valence-corrected chi connectivity index (χ3v) is 4.42. The van der Waals surface area contributed by atoms with Crippen LogP contribution in [0.3, 0.4) is 0 Å². The molecule has 2 rings (SSSR count). The van der Waals surface area contributed by atoms with Crippen LogP contribution in [-0.4, -0.2) is 28.6 Å². The molecule has 0 saturated heterocycles. The molecule has 0 atom stereocenters. The average Bonchev–Trinajstić information content (AvgIpc) is 2.58. The minimum absolute atomic E-state index is 0.00250. The highest BCUT2D eigenvalue weighted by Crippen LogP contribution is 2.41. The number of carboxylic acids is 1. The third-order valence-electron chi connectivity index (χ3n) is 3.57. The zero-order chi connectivity index (χ0) is 20.3. The van der Waals surface area contributed by atoms with Gasteiger partial charge in [-0.15, -0.1) is 0 Å². The minimum Gasteiger partial charge on any atom is -0.506 e. The van der Waals surface area contributed by atoms with Gasteiger partial charge in [0.15, 0.2) is 5.75 Å². The maximum Gasteiger partial charge on any atom is 0.322 e. The summed E-state index contributed by atoms with van der Waals surface area (Å²) in [4.78, 5) is 22.5. The van der Waals surface area contributed by atoms with Crippen molar-refractivity contribution in [2.24, 2.45) is 0 Å². The molecular formula is C18H16Cl3NO5. The molecule has 0 spiro atoms. The number of amides is 1. The number of halogens is 3. The van der Waals surface area contributed by atoms with Crippen molar-refractivity contribution in [3.63, 3.8) is 0 Å². The van der Waals surface area contributed by atoms with Crippen LogP contribution in [0.5, 0.6) is 17.2 Å². The van der Waals surface area contributed by atoms with Gasteiger partial charge in [-0.3, -0.25) is 9.59 Å². The van der Waals surface area contributed by atoms with E-state index in [2.05, 4.69) is 5.32 Å². The Labute approximate surface area is 170 Å². The van der Waals surface area contributed by atoms with Gasteiger partial charge >= 0.3 is 5.97 Å². The zero-order valence-electron chi connectivity index (χ0n) is 14.3. The first kappa shape index (κ1) is 21.2. The van der Waals surface area contributed by atoms with Crippen LogP contribution in [0.2, 0.25) is 15.1 Å². The molecule has 2 aromatic rings. The molecule has 9 heteroatoms. The number of rotatable bonds is 6. The fourth-order valence-electron chi connectivity index (χ4n) is 2.26. The highest BCUT2D eigenvalue weighted by atomic mass is 35.5. The fourth-order valence-corrected chi connectivity index (χ4v) is 3.04. The van der Waals surface area contributed by atoms with Crippen LogP contribution in [-0.2, 0) is 4.79 Å². The molecule has 0 aliphatic rings. The van der Waals surface area contributed by atoms with Crippen molar-refractivity contribution in [2.45, 2.75) is 19.8 Å². The topological polar surface area (TPSA) is 95.9 Å². The van der Waals surface area contributed by atoms with Gasteiger partial charge < -0.3 is 20.3 Å². The normalized spacial score (nSPS) is 10.7. The predicted molar refractivity (Wildman–Crippen MR) is 104 cm³/mol. The molecule has 27 heavy (non-hydrogen) atoms. The van der Waals surface area contributed by atoms with Crippen molar-refractivity contribution in [1.29, 1.82) is 0 Å². The Balaban J connectivity index is 2.33. The van der Waals surface area contributed by atoms with Gasteiger partial charge in [0.25, 0.3) is 5.91 Å². The number of carbonyl (C=O) groups is 2. The van der Waals surface area contributed by atoms with Gasteiger partial charge in [-0.1, -0.05) is 48.7 Å². The number of ether oxygens (including phenoxy) is 1. The SMILES string of the molecule is CC(C)c1cc(Oc2c(Cl)cc(C(=O)NCC(=O)O)cc2Cl)cc(Cl)c1O. The standard InChI is InChI=1S/C18H16Cl3NO5/c1-8(2)11-5-10(6-12(19)16(11)25)27-17-13(20)3-9(4-14(17)21)18(26)22-7-15(23)24/h3-6,8,25H,7H2,1-2H3,(H,22,26)(H,23,24). The summed E-state index contributed by atoms with van der Waals surface area (Å²) in [6, 6.07) is 5.66. The first-order valence-corrected chi connectivity index (χ1v) is 8.92. The van der Waals surface area contributed by atoms with E-state index in [0.717, 1.165) is 0 Å². The number of aliphatic carboxylic acids is 1. The Morgan fingerprint density at radius 3 is 2.19 bits per heavy atom. The quantitative estimate of drug-likeness (QED) is 0.591. The van der Waals surface area contributed by atoms with Gasteiger partial charge in [0.2, 0.25) is 0 Å². The number of benzene rings is 2. The lowest BCUT2D eigenvalue weighted by Gasteiger charge is -2.15. The molecule has 1 amide bonds. The largest absolute Gasteiger partial charge is 0.506 e. The Hall–Kier alpha value is -2.15. The molecule has 0 aromatic heterocycles. The van der Waals surface area contributed by atoms with Gasteiger partial charge in [-0.05, 0) is 24.1 Å². The van der Waals surface area contributed by atoms with Crippen LogP contribution in [0.15, 0.2) is 24.3 Å². The van der Waals surface area contributed by atoms with Gasteiger partial charge in [0, 0.05) is 17.2 Å². The Kier molecular flexibility index (Phi) is 6.81. The average molecular weight is 433 g/mol. The van der Waals surface area contributed by atoms with E-state index in [-0.39, 0.29) is 38.0 Å². The summed E-state index contributed by atoms with van der Waals surface area (Å²) in [5.41, 5.74) is 0.680. The van der Waals surface area contributed by atoms with E-state index in [1.54, 1.807) is 6.07 Å². The van der Waals surface area contributed by atoms with Crippen LogP contribution < -0.4 is 10.1 Å². The maximum atomic E-state index is 11.9. The number of nitrogens with one attached hydrogen (secondary N) is 1. The first-order chi connectivity index (χ1) is 12.6. The van der Waals surface area contributed by atoms with E-state index >= 15 is 0 Å². The molecule has 0 aliphatic heterocycles. The molecule has 2 aromatic carbocycles. The van der Waals surface area contributed by atoms with Crippen LogP contribution in [0.1, 0.15) is 35.7 Å². The highest BCUT2D eigenvalue weighted by Gasteiger charge is 2.18.